The Hall–Kier alpha value is -2.30. The average Bonchev–Trinajstić information content (AvgIpc) is 2.37. The second kappa shape index (κ2) is 9.58. The normalized spacial score (nSPS) is 11.5. The Bertz CT molecular complexity index is 417. The van der Waals surface area contributed by atoms with E-state index in [-0.39, 0.29) is 31.7 Å². The van der Waals surface area contributed by atoms with E-state index in [9.17, 15) is 14.4 Å². The van der Waals surface area contributed by atoms with Crippen molar-refractivity contribution >= 4 is 18.0 Å². The summed E-state index contributed by atoms with van der Waals surface area (Å²) in [5.41, 5.74) is 0. The van der Waals surface area contributed by atoms with Crippen molar-refractivity contribution in [2.45, 2.75) is 39.2 Å². The van der Waals surface area contributed by atoms with Gasteiger partial charge >= 0.3 is 18.0 Å². The van der Waals surface area contributed by atoms with Crippen molar-refractivity contribution in [1.82, 2.24) is 10.2 Å². The first-order chi connectivity index (χ1) is 9.77. The first-order valence-electron chi connectivity index (χ1n) is 6.64. The fourth-order valence-electron chi connectivity index (χ4n) is 1.67. The molecule has 0 rings (SSSR count). The second-order valence-electron chi connectivity index (χ2n) is 5.02. The number of carbonyl (C=O) groups is 3. The van der Waals surface area contributed by atoms with Gasteiger partial charge < -0.3 is 20.4 Å². The summed E-state index contributed by atoms with van der Waals surface area (Å²) in [5, 5.41) is 28.4. The monoisotopic (exact) mass is 299 g/mol. The highest BCUT2D eigenvalue weighted by molar-refractivity contribution is 5.83. The molecule has 0 heterocycles. The predicted molar refractivity (Wildman–Crippen MR) is 73.5 cm³/mol. The number of carbonyl (C=O) groups excluding carboxylic acids is 1. The van der Waals surface area contributed by atoms with Crippen LogP contribution in [0, 0.1) is 17.2 Å². The molecule has 0 aromatic rings. The van der Waals surface area contributed by atoms with Crippen molar-refractivity contribution in [3.8, 4) is 6.07 Å². The average molecular weight is 299 g/mol. The van der Waals surface area contributed by atoms with Crippen LogP contribution >= 0.6 is 0 Å². The van der Waals surface area contributed by atoms with E-state index in [2.05, 4.69) is 5.32 Å². The van der Waals surface area contributed by atoms with Crippen LogP contribution in [0.5, 0.6) is 0 Å². The molecule has 0 aromatic heterocycles. The first kappa shape index (κ1) is 18.7. The van der Waals surface area contributed by atoms with Crippen LogP contribution in [0.2, 0.25) is 0 Å². The third-order valence-electron chi connectivity index (χ3n) is 2.61. The molecule has 118 valence electrons. The number of nitriles is 1. The Kier molecular flexibility index (Phi) is 8.53. The van der Waals surface area contributed by atoms with Gasteiger partial charge in [-0.1, -0.05) is 13.8 Å². The number of carboxylic acids is 2. The number of rotatable bonds is 9. The number of aliphatic carboxylic acids is 2. The van der Waals surface area contributed by atoms with Crippen LogP contribution in [0.15, 0.2) is 0 Å². The van der Waals surface area contributed by atoms with Crippen LogP contribution in [0.4, 0.5) is 4.79 Å². The minimum atomic E-state index is -1.28. The lowest BCUT2D eigenvalue weighted by atomic mass is 10.1. The third kappa shape index (κ3) is 8.47. The summed E-state index contributed by atoms with van der Waals surface area (Å²) in [7, 11) is 0. The van der Waals surface area contributed by atoms with E-state index < -0.39 is 24.0 Å². The third-order valence-corrected chi connectivity index (χ3v) is 2.61. The summed E-state index contributed by atoms with van der Waals surface area (Å²) in [6.07, 6.45) is -0.392. The molecule has 0 aliphatic carbocycles. The molecule has 21 heavy (non-hydrogen) atoms. The molecule has 0 aliphatic heterocycles. The van der Waals surface area contributed by atoms with Gasteiger partial charge in [-0.2, -0.15) is 5.26 Å². The summed E-state index contributed by atoms with van der Waals surface area (Å²) in [4.78, 5) is 34.9. The van der Waals surface area contributed by atoms with Crippen LogP contribution in [-0.4, -0.2) is 52.2 Å². The summed E-state index contributed by atoms with van der Waals surface area (Å²) in [6, 6.07) is 0.0676. The molecule has 8 heteroatoms. The summed E-state index contributed by atoms with van der Waals surface area (Å²) < 4.78 is 0. The molecule has 1 unspecified atom stereocenters. The minimum absolute atomic E-state index is 0.146. The summed E-state index contributed by atoms with van der Waals surface area (Å²) in [5.74, 6) is -2.25. The number of hydrogen-bond donors (Lipinski definition) is 3. The highest BCUT2D eigenvalue weighted by Crippen LogP contribution is 2.04. The standard InChI is InChI=1S/C13H21N3O5/c1-9(2)8-16(7-3-6-14)13(21)15-10(12(19)20)4-5-11(17)18/h9-10H,3-5,7-8H2,1-2H3,(H,15,21)(H,17,18)(H,19,20). The van der Waals surface area contributed by atoms with Crippen molar-refractivity contribution in [3.63, 3.8) is 0 Å². The highest BCUT2D eigenvalue weighted by atomic mass is 16.4. The van der Waals surface area contributed by atoms with Gasteiger partial charge in [-0.05, 0) is 12.3 Å². The van der Waals surface area contributed by atoms with Gasteiger partial charge in [0, 0.05) is 19.5 Å². The largest absolute Gasteiger partial charge is 0.481 e. The maximum Gasteiger partial charge on any atom is 0.326 e. The SMILES string of the molecule is CC(C)CN(CCC#N)C(=O)NC(CCC(=O)O)C(=O)O. The fraction of sp³-hybridized carbons (Fsp3) is 0.692. The molecule has 0 spiro atoms. The Morgan fingerprint density at radius 1 is 1.29 bits per heavy atom. The lowest BCUT2D eigenvalue weighted by Gasteiger charge is -2.25. The second-order valence-corrected chi connectivity index (χ2v) is 5.02. The molecule has 0 radical (unpaired) electrons. The number of urea groups is 1. The van der Waals surface area contributed by atoms with E-state index in [4.69, 9.17) is 15.5 Å². The number of carboxylic acid groups (broad SMARTS) is 2. The summed E-state index contributed by atoms with van der Waals surface area (Å²) in [6.45, 7) is 4.38. The van der Waals surface area contributed by atoms with E-state index in [1.165, 1.54) is 4.90 Å². The Morgan fingerprint density at radius 2 is 1.90 bits per heavy atom. The number of amides is 2. The quantitative estimate of drug-likeness (QED) is 0.579. The Balaban J connectivity index is 4.69. The molecule has 0 aliphatic rings. The molecular weight excluding hydrogens is 278 g/mol. The molecular formula is C13H21N3O5. The van der Waals surface area contributed by atoms with E-state index in [0.717, 1.165) is 0 Å². The van der Waals surface area contributed by atoms with E-state index in [1.807, 2.05) is 19.9 Å². The zero-order valence-corrected chi connectivity index (χ0v) is 12.2. The molecule has 3 N–H and O–H groups in total. The van der Waals surface area contributed by atoms with Gasteiger partial charge in [-0.25, -0.2) is 9.59 Å². The molecule has 0 saturated carbocycles. The van der Waals surface area contributed by atoms with Crippen molar-refractivity contribution in [2.24, 2.45) is 5.92 Å². The van der Waals surface area contributed by atoms with Crippen molar-refractivity contribution in [3.05, 3.63) is 0 Å². The highest BCUT2D eigenvalue weighted by Gasteiger charge is 2.24. The number of nitrogens with one attached hydrogen (secondary N) is 1. The number of hydrogen-bond acceptors (Lipinski definition) is 4. The molecule has 0 saturated heterocycles. The first-order valence-corrected chi connectivity index (χ1v) is 6.64. The van der Waals surface area contributed by atoms with E-state index >= 15 is 0 Å². The Morgan fingerprint density at radius 3 is 2.33 bits per heavy atom. The summed E-state index contributed by atoms with van der Waals surface area (Å²) >= 11 is 0. The maximum absolute atomic E-state index is 12.0. The maximum atomic E-state index is 12.0. The molecule has 0 aromatic carbocycles. The van der Waals surface area contributed by atoms with Gasteiger partial charge in [0.2, 0.25) is 0 Å². The van der Waals surface area contributed by atoms with Gasteiger partial charge in [0.1, 0.15) is 6.04 Å². The van der Waals surface area contributed by atoms with Crippen LogP contribution in [0.3, 0.4) is 0 Å². The topological polar surface area (TPSA) is 131 Å². The van der Waals surface area contributed by atoms with Crippen molar-refractivity contribution in [2.75, 3.05) is 13.1 Å². The number of nitrogens with zero attached hydrogens (tertiary/aromatic N) is 2. The zero-order valence-electron chi connectivity index (χ0n) is 12.2. The lowest BCUT2D eigenvalue weighted by molar-refractivity contribution is -0.140. The van der Waals surface area contributed by atoms with Gasteiger partial charge in [0.05, 0.1) is 12.5 Å². The van der Waals surface area contributed by atoms with Crippen molar-refractivity contribution in [1.29, 1.82) is 5.26 Å². The van der Waals surface area contributed by atoms with E-state index in [1.54, 1.807) is 0 Å². The minimum Gasteiger partial charge on any atom is -0.481 e. The van der Waals surface area contributed by atoms with Crippen LogP contribution in [-0.2, 0) is 9.59 Å². The molecule has 0 bridgehead atoms. The molecule has 1 atom stereocenters. The van der Waals surface area contributed by atoms with E-state index in [0.29, 0.717) is 6.54 Å². The van der Waals surface area contributed by atoms with Gasteiger partial charge in [0.25, 0.3) is 0 Å². The zero-order chi connectivity index (χ0) is 16.4. The van der Waals surface area contributed by atoms with Gasteiger partial charge in [-0.3, -0.25) is 4.79 Å². The van der Waals surface area contributed by atoms with Crippen LogP contribution in [0.1, 0.15) is 33.1 Å². The smallest absolute Gasteiger partial charge is 0.326 e. The predicted octanol–water partition coefficient (Wildman–Crippen LogP) is 0.886. The lowest BCUT2D eigenvalue weighted by Crippen LogP contribution is -2.49. The van der Waals surface area contributed by atoms with Crippen LogP contribution < -0.4 is 5.32 Å². The van der Waals surface area contributed by atoms with Gasteiger partial charge in [-0.15, -0.1) is 0 Å². The molecule has 8 nitrogen and oxygen atoms in total. The van der Waals surface area contributed by atoms with Crippen molar-refractivity contribution < 1.29 is 24.6 Å². The van der Waals surface area contributed by atoms with Gasteiger partial charge in [0.15, 0.2) is 0 Å². The molecule has 2 amide bonds. The molecule has 0 fully saturated rings. The van der Waals surface area contributed by atoms with Crippen LogP contribution in [0.25, 0.3) is 0 Å². The Labute approximate surface area is 123 Å². The fourth-order valence-corrected chi connectivity index (χ4v) is 1.67.